The molecule has 0 radical (unpaired) electrons. The van der Waals surface area contributed by atoms with Crippen LogP contribution in [0.2, 0.25) is 0 Å². The largest absolute Gasteiger partial charge is 0.416 e. The molecule has 642 valence electrons. The number of nitrogens with zero attached hydrogens (tertiary/aromatic N) is 14. The molecule has 12 aromatic rings. The molecule has 0 amide bonds. The quantitative estimate of drug-likeness (QED) is 0.0459. The molecule has 1 aliphatic carbocycles. The van der Waals surface area contributed by atoms with Gasteiger partial charge < -0.3 is 17.2 Å². The lowest BCUT2D eigenvalue weighted by atomic mass is 9.93. The number of benzene rings is 6. The number of fused-ring (bicyclic) bond motifs is 3. The van der Waals surface area contributed by atoms with Gasteiger partial charge in [0.1, 0.15) is 53.5 Å². The van der Waals surface area contributed by atoms with Gasteiger partial charge in [-0.25, -0.2) is 69.4 Å². The first kappa shape index (κ1) is 89.0. The summed E-state index contributed by atoms with van der Waals surface area (Å²) in [4.78, 5) is 64.0. The summed E-state index contributed by atoms with van der Waals surface area (Å²) in [6.07, 6.45) is -2.11. The van der Waals surface area contributed by atoms with Crippen molar-refractivity contribution < 1.29 is 70.7 Å². The fourth-order valence-corrected chi connectivity index (χ4v) is 16.7. The van der Waals surface area contributed by atoms with Crippen molar-refractivity contribution in [3.63, 3.8) is 0 Å². The first-order chi connectivity index (χ1) is 58.5. The first-order valence-corrected chi connectivity index (χ1v) is 43.0. The molecular formula is C89H84F9N17O7S2. The SMILES string of the molecule is Cc1ccc(CC(=O)c2ccc(C)c(C(F)(F)F)c2)cc1C#Cc1nn(C2CCC2)c2ncnc(N)c12.Cc1ccc(CC(=O)c2ccc(C)c(C(F)(F)F)c2)cc1C#Cc1nn(CC2CCN(S(C)(=O)=O)C2)c2ncnc(N)c12.Cc1ccc(CC(=O)c2ccc(C)c(C(F)(F)F)c2)cc1C#Cc1nn(CC2CCN(S(C)(=O)=O)CC2)c2ncnc(N)c12. The van der Waals surface area contributed by atoms with E-state index in [4.69, 9.17) is 17.2 Å². The Morgan fingerprint density at radius 1 is 0.403 bits per heavy atom. The summed E-state index contributed by atoms with van der Waals surface area (Å²) in [5.74, 6) is 18.2. The number of nitrogen functional groups attached to an aromatic ring is 3. The molecule has 3 fully saturated rings. The fraction of sp³-hybridized carbons (Fsp3) is 0.326. The summed E-state index contributed by atoms with van der Waals surface area (Å²) in [6.45, 7) is 12.3. The molecule has 6 aromatic heterocycles. The molecule has 24 nitrogen and oxygen atoms in total. The maximum absolute atomic E-state index is 13.4. The highest BCUT2D eigenvalue weighted by Crippen LogP contribution is 2.39. The lowest BCUT2D eigenvalue weighted by Gasteiger charge is -2.30. The van der Waals surface area contributed by atoms with E-state index in [1.165, 1.54) is 97.3 Å². The Labute approximate surface area is 708 Å². The van der Waals surface area contributed by atoms with Gasteiger partial charge in [-0.2, -0.15) is 54.8 Å². The topological polar surface area (TPSA) is 335 Å². The van der Waals surface area contributed by atoms with E-state index < -0.39 is 72.6 Å². The Morgan fingerprint density at radius 2 is 0.726 bits per heavy atom. The average molecular weight is 1740 g/mol. The van der Waals surface area contributed by atoms with Crippen molar-refractivity contribution in [1.29, 1.82) is 0 Å². The minimum atomic E-state index is -4.55. The third-order valence-corrected chi connectivity index (χ3v) is 24.8. The van der Waals surface area contributed by atoms with Crippen molar-refractivity contribution in [3.8, 4) is 35.5 Å². The van der Waals surface area contributed by atoms with Gasteiger partial charge >= 0.3 is 18.5 Å². The molecule has 8 heterocycles. The van der Waals surface area contributed by atoms with Crippen LogP contribution in [-0.2, 0) is 70.9 Å². The zero-order chi connectivity index (χ0) is 89.2. The normalized spacial score (nSPS) is 14.9. The maximum atomic E-state index is 13.4. The van der Waals surface area contributed by atoms with Gasteiger partial charge in [-0.1, -0.05) is 90.6 Å². The van der Waals surface area contributed by atoms with Crippen molar-refractivity contribution >= 4 is 88.0 Å². The van der Waals surface area contributed by atoms with Gasteiger partial charge in [-0.15, -0.1) is 0 Å². The number of carbonyl (C=O) groups is 3. The Kier molecular flexibility index (Phi) is 25.8. The van der Waals surface area contributed by atoms with Crippen molar-refractivity contribution in [1.82, 2.24) is 67.9 Å². The van der Waals surface area contributed by atoms with E-state index in [-0.39, 0.29) is 82.2 Å². The smallest absolute Gasteiger partial charge is 0.383 e. The highest BCUT2D eigenvalue weighted by Gasteiger charge is 2.37. The van der Waals surface area contributed by atoms with Crippen LogP contribution >= 0.6 is 0 Å². The summed E-state index contributed by atoms with van der Waals surface area (Å²) in [5, 5.41) is 15.6. The van der Waals surface area contributed by atoms with Crippen LogP contribution in [0.5, 0.6) is 0 Å². The van der Waals surface area contributed by atoms with E-state index in [1.54, 1.807) is 57.9 Å². The number of aryl methyl sites for hydroxylation is 6. The molecule has 2 aliphatic heterocycles. The van der Waals surface area contributed by atoms with E-state index in [0.29, 0.717) is 148 Å². The highest BCUT2D eigenvalue weighted by molar-refractivity contribution is 7.88. The lowest BCUT2D eigenvalue weighted by Crippen LogP contribution is -2.38. The number of hydrogen-bond donors (Lipinski definition) is 3. The Bertz CT molecular complexity index is 6670. The molecule has 15 rings (SSSR count). The summed E-state index contributed by atoms with van der Waals surface area (Å²) < 4.78 is 176. The van der Waals surface area contributed by atoms with Crippen LogP contribution in [-0.4, -0.2) is 141 Å². The second-order valence-corrected chi connectivity index (χ2v) is 35.2. The molecule has 0 bridgehead atoms. The number of piperidine rings is 1. The van der Waals surface area contributed by atoms with Gasteiger partial charge in [-0.3, -0.25) is 14.4 Å². The number of carbonyl (C=O) groups excluding carboxylic acids is 3. The van der Waals surface area contributed by atoms with E-state index in [2.05, 4.69) is 80.7 Å². The Hall–Kier alpha value is -12.8. The number of rotatable bonds is 16. The molecule has 35 heteroatoms. The Morgan fingerprint density at radius 3 is 1.06 bits per heavy atom. The zero-order valence-corrected chi connectivity index (χ0v) is 70.2. The molecule has 6 N–H and O–H groups in total. The van der Waals surface area contributed by atoms with Crippen LogP contribution in [0.15, 0.2) is 128 Å². The summed E-state index contributed by atoms with van der Waals surface area (Å²) in [6, 6.07) is 27.1. The summed E-state index contributed by atoms with van der Waals surface area (Å²) in [7, 11) is -6.52. The third-order valence-electron chi connectivity index (χ3n) is 22.2. The lowest BCUT2D eigenvalue weighted by molar-refractivity contribution is -0.138. The van der Waals surface area contributed by atoms with Gasteiger partial charge in [0, 0.05) is 91.9 Å². The third kappa shape index (κ3) is 20.6. The van der Waals surface area contributed by atoms with Gasteiger partial charge in [0.15, 0.2) is 34.3 Å². The zero-order valence-electron chi connectivity index (χ0n) is 68.5. The number of anilines is 3. The minimum Gasteiger partial charge on any atom is -0.383 e. The first-order valence-electron chi connectivity index (χ1n) is 39.3. The van der Waals surface area contributed by atoms with Gasteiger partial charge in [0.05, 0.1) is 51.4 Å². The number of halogens is 9. The van der Waals surface area contributed by atoms with Crippen LogP contribution in [0.3, 0.4) is 0 Å². The highest BCUT2D eigenvalue weighted by atomic mass is 32.2. The van der Waals surface area contributed by atoms with E-state index in [9.17, 15) is 70.7 Å². The van der Waals surface area contributed by atoms with Gasteiger partial charge in [0.25, 0.3) is 0 Å². The number of sulfonamides is 2. The molecule has 6 aromatic carbocycles. The molecule has 1 unspecified atom stereocenters. The minimum absolute atomic E-state index is 0.00869. The van der Waals surface area contributed by atoms with Crippen LogP contribution in [0.4, 0.5) is 57.0 Å². The van der Waals surface area contributed by atoms with Crippen LogP contribution in [0.1, 0.15) is 176 Å². The summed E-state index contributed by atoms with van der Waals surface area (Å²) >= 11 is 0. The molecule has 1 atom stereocenters. The standard InChI is InChI=1S/C31H31F3N6O3S.C30H29F3N6O3S.C28H24F3N5O/c1-19-4-6-22(15-27(41)24-7-5-20(2)25(16-24)31(32,33)34)14-23(19)8-9-26-28-29(35)36-18-37-30(28)40(38-26)17-21-10-12-39(13-11-21)44(3,42)43;1-18-4-6-20(13-26(40)23-7-5-19(2)24(14-23)30(31,32)33)12-22(18)8-9-25-27-28(34)35-17-36-29(27)39(37-25)16-21-10-11-38(15-21)43(3,41)42;1-16-6-8-18(13-24(37)20-9-7-17(2)22(14-20)28(29,30)31)12-19(16)10-11-23-25-26(32)33-15-34-27(25)36(35-23)21-4-3-5-21/h4-7,14,16,18,21H,10-13,15,17H2,1-3H3,(H2,35,36,37);4-7,12,14,17,21H,10-11,13,15-16H2,1-3H3,(H2,34,35,36);6-9,12,14-15,21H,3-5,13H2,1-2H3,(H2,32,33,34). The molecule has 3 aliphatic rings. The number of hydrogen-bond acceptors (Lipinski definition) is 19. The number of aromatic nitrogens is 12. The van der Waals surface area contributed by atoms with Crippen molar-refractivity contribution in [2.75, 3.05) is 55.9 Å². The number of ketones is 3. The van der Waals surface area contributed by atoms with Crippen LogP contribution < -0.4 is 17.2 Å². The number of Topliss-reactive ketones (excluding diaryl/α,β-unsaturated/α-hetero) is 3. The van der Waals surface area contributed by atoms with Crippen LogP contribution in [0, 0.1) is 88.9 Å². The van der Waals surface area contributed by atoms with Crippen LogP contribution in [0.25, 0.3) is 33.1 Å². The van der Waals surface area contributed by atoms with Gasteiger partial charge in [-0.05, 0) is 196 Å². The van der Waals surface area contributed by atoms with E-state index >= 15 is 0 Å². The average Bonchev–Trinajstić information content (AvgIpc) is 1.63. The van der Waals surface area contributed by atoms with E-state index in [1.807, 2.05) is 31.5 Å². The van der Waals surface area contributed by atoms with Gasteiger partial charge in [0.2, 0.25) is 20.0 Å². The monoisotopic (exact) mass is 1740 g/mol. The predicted molar refractivity (Wildman–Crippen MR) is 450 cm³/mol. The second-order valence-electron chi connectivity index (χ2n) is 31.3. The van der Waals surface area contributed by atoms with Crippen molar-refractivity contribution in [3.05, 3.63) is 245 Å². The van der Waals surface area contributed by atoms with E-state index in [0.717, 1.165) is 54.2 Å². The number of alkyl halides is 9. The van der Waals surface area contributed by atoms with Crippen molar-refractivity contribution in [2.45, 2.75) is 137 Å². The summed E-state index contributed by atoms with van der Waals surface area (Å²) in [5.41, 5.74) is 25.5. The Balaban J connectivity index is 0.000000160. The molecule has 0 spiro atoms. The van der Waals surface area contributed by atoms with Crippen molar-refractivity contribution in [2.24, 2.45) is 11.8 Å². The maximum Gasteiger partial charge on any atom is 0.416 e. The second kappa shape index (κ2) is 36.0. The molecule has 1 saturated carbocycles. The molecular weight excluding hydrogens is 1650 g/mol. The fourth-order valence-electron chi connectivity index (χ4n) is 14.9. The molecule has 124 heavy (non-hydrogen) atoms. The number of nitrogens with two attached hydrogens (primary N) is 3. The molecule has 2 saturated heterocycles. The predicted octanol–water partition coefficient (Wildman–Crippen LogP) is 14.3.